The topological polar surface area (TPSA) is 107 Å². The molecule has 0 radical (unpaired) electrons. The molecule has 32 heavy (non-hydrogen) atoms. The maximum atomic E-state index is 13.3. The number of nitrogens with zero attached hydrogens (tertiary/aromatic N) is 4. The van der Waals surface area contributed by atoms with Gasteiger partial charge >= 0.3 is 0 Å². The van der Waals surface area contributed by atoms with Crippen LogP contribution in [0.5, 0.6) is 0 Å². The van der Waals surface area contributed by atoms with E-state index in [1.807, 2.05) is 6.92 Å². The van der Waals surface area contributed by atoms with E-state index in [4.69, 9.17) is 0 Å². The van der Waals surface area contributed by atoms with Crippen molar-refractivity contribution in [3.05, 3.63) is 78.1 Å². The largest absolute Gasteiger partial charge is 0.344 e. The van der Waals surface area contributed by atoms with Gasteiger partial charge in [-0.05, 0) is 54.4 Å². The van der Waals surface area contributed by atoms with E-state index in [-0.39, 0.29) is 16.5 Å². The predicted octanol–water partition coefficient (Wildman–Crippen LogP) is 3.24. The van der Waals surface area contributed by atoms with Crippen LogP contribution in [0.2, 0.25) is 0 Å². The molecule has 10 heteroatoms. The summed E-state index contributed by atoms with van der Waals surface area (Å²) in [7, 11) is -3.47. The number of nitrogens with one attached hydrogen (secondary N) is 1. The molecule has 0 bridgehead atoms. The summed E-state index contributed by atoms with van der Waals surface area (Å²) in [6, 6.07) is 10.3. The molecule has 3 aromatic heterocycles. The molecule has 4 rings (SSSR count). The van der Waals surface area contributed by atoms with E-state index < -0.39 is 21.8 Å². The molecule has 1 aromatic carbocycles. The lowest BCUT2D eigenvalue weighted by atomic mass is 10.1. The number of aromatic nitrogens is 4. The molecule has 1 amide bonds. The molecule has 3 heterocycles. The summed E-state index contributed by atoms with van der Waals surface area (Å²) >= 11 is 0. The van der Waals surface area contributed by atoms with E-state index >= 15 is 0 Å². The van der Waals surface area contributed by atoms with Crippen molar-refractivity contribution in [2.45, 2.75) is 24.4 Å². The number of rotatable bonds is 6. The number of hydrogen-bond donors (Lipinski definition) is 1. The third kappa shape index (κ3) is 4.22. The minimum Gasteiger partial charge on any atom is -0.344 e. The molecule has 1 atom stereocenters. The molecule has 1 N–H and O–H groups in total. The van der Waals surface area contributed by atoms with Crippen LogP contribution in [0, 0.1) is 5.82 Å². The first-order chi connectivity index (χ1) is 15.3. The van der Waals surface area contributed by atoms with Crippen molar-refractivity contribution in [3.63, 3.8) is 0 Å². The zero-order valence-corrected chi connectivity index (χ0v) is 18.2. The summed E-state index contributed by atoms with van der Waals surface area (Å²) in [5.41, 5.74) is 2.11. The average molecular weight is 453 g/mol. The molecule has 0 aliphatic rings. The van der Waals surface area contributed by atoms with Gasteiger partial charge < -0.3 is 5.32 Å². The molecule has 0 aliphatic heterocycles. The van der Waals surface area contributed by atoms with Gasteiger partial charge in [0.05, 0.1) is 28.8 Å². The van der Waals surface area contributed by atoms with Crippen LogP contribution in [0.3, 0.4) is 0 Å². The van der Waals surface area contributed by atoms with Gasteiger partial charge in [0, 0.05) is 18.6 Å². The number of benzene rings is 1. The molecular formula is C22H20FN5O3S. The minimum atomic E-state index is -3.47. The number of halogens is 1. The quantitative estimate of drug-likeness (QED) is 0.480. The van der Waals surface area contributed by atoms with Gasteiger partial charge in [-0.25, -0.2) is 22.5 Å². The van der Waals surface area contributed by atoms with Crippen molar-refractivity contribution >= 4 is 26.6 Å². The molecule has 164 valence electrons. The fourth-order valence-electron chi connectivity index (χ4n) is 3.41. The second-order valence-corrected chi connectivity index (χ2v) is 9.22. The number of carbonyl (C=O) groups is 1. The summed E-state index contributed by atoms with van der Waals surface area (Å²) in [5.74, 6) is -0.772. The second-order valence-electron chi connectivity index (χ2n) is 7.26. The number of sulfone groups is 1. The zero-order valence-electron chi connectivity index (χ0n) is 17.4. The number of pyridine rings is 2. The van der Waals surface area contributed by atoms with Crippen LogP contribution in [-0.2, 0) is 9.84 Å². The van der Waals surface area contributed by atoms with Gasteiger partial charge in [0.15, 0.2) is 14.9 Å². The molecule has 0 saturated heterocycles. The summed E-state index contributed by atoms with van der Waals surface area (Å²) < 4.78 is 38.5. The Morgan fingerprint density at radius 2 is 1.84 bits per heavy atom. The van der Waals surface area contributed by atoms with E-state index in [2.05, 4.69) is 20.4 Å². The highest BCUT2D eigenvalue weighted by atomic mass is 32.2. The van der Waals surface area contributed by atoms with Crippen molar-refractivity contribution in [3.8, 4) is 5.69 Å². The van der Waals surface area contributed by atoms with Crippen molar-refractivity contribution in [1.29, 1.82) is 0 Å². The molecule has 4 aromatic rings. The van der Waals surface area contributed by atoms with Crippen LogP contribution in [0.1, 0.15) is 35.4 Å². The highest BCUT2D eigenvalue weighted by molar-refractivity contribution is 7.90. The Hall–Kier alpha value is -3.66. The molecule has 0 spiro atoms. The smallest absolute Gasteiger partial charge is 0.271 e. The van der Waals surface area contributed by atoms with Crippen LogP contribution in [0.15, 0.2) is 66.1 Å². The summed E-state index contributed by atoms with van der Waals surface area (Å²) in [4.78, 5) is 21.2. The van der Waals surface area contributed by atoms with Gasteiger partial charge in [-0.15, -0.1) is 0 Å². The fourth-order valence-corrected chi connectivity index (χ4v) is 4.02. The molecule has 0 saturated carbocycles. The molecule has 0 unspecified atom stereocenters. The highest BCUT2D eigenvalue weighted by Crippen LogP contribution is 2.23. The molecule has 0 aliphatic carbocycles. The Labute approximate surface area is 184 Å². The van der Waals surface area contributed by atoms with Gasteiger partial charge in [0.2, 0.25) is 0 Å². The Morgan fingerprint density at radius 1 is 1.12 bits per heavy atom. The van der Waals surface area contributed by atoms with Crippen LogP contribution in [-0.4, -0.2) is 40.3 Å². The molecule has 8 nitrogen and oxygen atoms in total. The normalized spacial score (nSPS) is 12.6. The zero-order chi connectivity index (χ0) is 22.9. The lowest BCUT2D eigenvalue weighted by Crippen LogP contribution is -2.29. The Kier molecular flexibility index (Phi) is 5.70. The van der Waals surface area contributed by atoms with Crippen LogP contribution in [0.25, 0.3) is 16.6 Å². The van der Waals surface area contributed by atoms with E-state index in [1.165, 1.54) is 36.8 Å². The molecular weight excluding hydrogens is 433 g/mol. The van der Waals surface area contributed by atoms with Gasteiger partial charge in [0.25, 0.3) is 5.91 Å². The Balaban J connectivity index is 1.66. The predicted molar refractivity (Wildman–Crippen MR) is 117 cm³/mol. The van der Waals surface area contributed by atoms with Crippen molar-refractivity contribution < 1.29 is 17.6 Å². The van der Waals surface area contributed by atoms with E-state index in [1.54, 1.807) is 28.9 Å². The summed E-state index contributed by atoms with van der Waals surface area (Å²) in [5, 5.41) is 7.73. The Bertz CT molecular complexity index is 1400. The first-order valence-electron chi connectivity index (χ1n) is 9.83. The van der Waals surface area contributed by atoms with Crippen LogP contribution in [0.4, 0.5) is 4.39 Å². The average Bonchev–Trinajstić information content (AvgIpc) is 3.21. The van der Waals surface area contributed by atoms with Crippen molar-refractivity contribution in [2.75, 3.05) is 6.26 Å². The first kappa shape index (κ1) is 21.6. The summed E-state index contributed by atoms with van der Waals surface area (Å²) in [6.45, 7) is 1.88. The molecule has 0 fully saturated rings. The van der Waals surface area contributed by atoms with Gasteiger partial charge in [-0.2, -0.15) is 5.10 Å². The lowest BCUT2D eigenvalue weighted by molar-refractivity contribution is 0.0932. The van der Waals surface area contributed by atoms with E-state index in [9.17, 15) is 17.6 Å². The second kappa shape index (κ2) is 8.46. The van der Waals surface area contributed by atoms with Crippen LogP contribution < -0.4 is 5.32 Å². The maximum absolute atomic E-state index is 13.3. The van der Waals surface area contributed by atoms with Gasteiger partial charge in [-0.1, -0.05) is 6.92 Å². The first-order valence-corrected chi connectivity index (χ1v) is 11.7. The summed E-state index contributed by atoms with van der Waals surface area (Å²) in [6.07, 6.45) is 6.07. The number of carbonyl (C=O) groups excluding carboxylic acids is 1. The van der Waals surface area contributed by atoms with Crippen LogP contribution >= 0.6 is 0 Å². The minimum absolute atomic E-state index is 0.0523. The third-order valence-corrected chi connectivity index (χ3v) is 6.02. The monoisotopic (exact) mass is 453 g/mol. The van der Waals surface area contributed by atoms with E-state index in [0.717, 1.165) is 6.26 Å². The van der Waals surface area contributed by atoms with E-state index in [0.29, 0.717) is 28.6 Å². The standard InChI is InChI=1S/C22H20FN5O3S/c1-3-18(14-8-10-24-20(12-14)32(2,30)31)27-22(29)21-17-13-26-28(19(17)9-11-25-21)16-6-4-15(23)5-7-16/h4-13,18H,3H2,1-2H3,(H,27,29)/t18-/m0/s1. The Morgan fingerprint density at radius 3 is 2.53 bits per heavy atom. The number of amides is 1. The lowest BCUT2D eigenvalue weighted by Gasteiger charge is -2.18. The highest BCUT2D eigenvalue weighted by Gasteiger charge is 2.20. The van der Waals surface area contributed by atoms with Crippen molar-refractivity contribution in [2.24, 2.45) is 0 Å². The maximum Gasteiger partial charge on any atom is 0.271 e. The fraction of sp³-hybridized carbons (Fsp3) is 0.182. The third-order valence-electron chi connectivity index (χ3n) is 5.04. The van der Waals surface area contributed by atoms with Crippen molar-refractivity contribution in [1.82, 2.24) is 25.1 Å². The van der Waals surface area contributed by atoms with Gasteiger partial charge in [-0.3, -0.25) is 9.78 Å². The number of fused-ring (bicyclic) bond motifs is 1. The van der Waals surface area contributed by atoms with Gasteiger partial charge in [0.1, 0.15) is 11.5 Å². The SMILES string of the molecule is CC[C@H](NC(=O)c1nccc2c1cnn2-c1ccc(F)cc1)c1ccnc(S(C)(=O)=O)c1. The number of hydrogen-bond acceptors (Lipinski definition) is 6.